The van der Waals surface area contributed by atoms with Crippen molar-refractivity contribution in [2.75, 3.05) is 56.1 Å². The Kier molecular flexibility index (Phi) is 27.5. The first-order chi connectivity index (χ1) is 38.1. The highest BCUT2D eigenvalue weighted by atomic mass is 35.5. The number of amides is 2. The fourth-order valence-electron chi connectivity index (χ4n) is 7.71. The Balaban J connectivity index is 0.000000318. The number of aromatic nitrogens is 2. The number of alkyl halides is 6. The Morgan fingerprint density at radius 2 is 1.53 bits per heavy atom. The fourth-order valence-corrected chi connectivity index (χ4v) is 8.82. The standard InChI is InChI=1S/C25H25F3N2O6.C14H20ClNO2.C11H11Cl2NO2.C5H12NO4P/c1-5-16-6-7-17(20(12-16)36-15(2)23(32)34-4)14-35-19-10-8-18(9-11-19)30-22(31)13-21(25(26,27)28)29(3)24(30)33;1-4-11-7-6-8-12(5-2)14(11)16(10-18-3)13(17)9-15;1-7-6-16-9-5-3-2-4-8(9)14(7)11(15)10(12)13;1-11(9,10)3-2-4(6)5(7)8/h6-13,15H,5,14H2,1-4H3;6-8H,4-5,9-10H2,1-3H3;2-5,7,10H,6H2,1H3;4H,2-3,6H2,1H3,(H,7,8)(H,9,10). The third-order valence-corrected chi connectivity index (χ3v) is 13.7. The lowest BCUT2D eigenvalue weighted by Gasteiger charge is -2.35. The number of fused-ring (bicyclic) bond motifs is 1. The van der Waals surface area contributed by atoms with E-state index in [-0.39, 0.29) is 55.3 Å². The Bertz CT molecular complexity index is 3060. The summed E-state index contributed by atoms with van der Waals surface area (Å²) in [5, 5.41) is 8.28. The molecule has 4 unspecified atom stereocenters. The summed E-state index contributed by atoms with van der Waals surface area (Å²) >= 11 is 16.9. The van der Waals surface area contributed by atoms with Gasteiger partial charge in [0.1, 0.15) is 54.8 Å². The summed E-state index contributed by atoms with van der Waals surface area (Å²) in [7, 11) is 0.694. The van der Waals surface area contributed by atoms with Crippen LogP contribution in [-0.2, 0) is 72.3 Å². The van der Waals surface area contributed by atoms with Crippen LogP contribution in [0.2, 0.25) is 0 Å². The molecule has 0 spiro atoms. The molecule has 4 aromatic carbocycles. The van der Waals surface area contributed by atoms with Gasteiger partial charge >= 0.3 is 23.8 Å². The highest BCUT2D eigenvalue weighted by molar-refractivity contribution is 7.57. The van der Waals surface area contributed by atoms with Crippen LogP contribution in [0.1, 0.15) is 69.0 Å². The Hall–Kier alpha value is -6.39. The number of hydrogen-bond donors (Lipinski definition) is 3. The van der Waals surface area contributed by atoms with Gasteiger partial charge in [-0.25, -0.2) is 14.2 Å². The maximum atomic E-state index is 13.1. The van der Waals surface area contributed by atoms with Gasteiger partial charge in [-0.2, -0.15) is 13.2 Å². The third-order valence-electron chi connectivity index (χ3n) is 12.0. The highest BCUT2D eigenvalue weighted by Gasteiger charge is 2.35. The smallest absolute Gasteiger partial charge is 0.431 e. The van der Waals surface area contributed by atoms with Crippen LogP contribution in [-0.4, -0.2) is 112 Å². The number of hydrogen-bond acceptors (Lipinski definition) is 13. The number of benzene rings is 4. The van der Waals surface area contributed by atoms with Crippen molar-refractivity contribution >= 4 is 77.3 Å². The van der Waals surface area contributed by atoms with Crippen molar-refractivity contribution in [2.24, 2.45) is 12.8 Å². The average Bonchev–Trinajstić information content (AvgIpc) is 3.57. The number of carbonyl (C=O) groups is 4. The van der Waals surface area contributed by atoms with Gasteiger partial charge in [-0.05, 0) is 98.7 Å². The number of aliphatic carboxylic acids is 1. The molecule has 1 aliphatic heterocycles. The lowest BCUT2D eigenvalue weighted by atomic mass is 10.0. The minimum atomic E-state index is -4.84. The Morgan fingerprint density at radius 3 is 2.05 bits per heavy atom. The third kappa shape index (κ3) is 20.2. The Morgan fingerprint density at radius 1 is 0.914 bits per heavy atom. The Labute approximate surface area is 482 Å². The highest BCUT2D eigenvalue weighted by Crippen LogP contribution is 2.36. The molecule has 26 heteroatoms. The summed E-state index contributed by atoms with van der Waals surface area (Å²) in [6.07, 6.45) is -3.16. The molecule has 0 bridgehead atoms. The van der Waals surface area contributed by atoms with Crippen LogP contribution in [0.15, 0.2) is 101 Å². The molecule has 2 amide bonds. The number of nitrogens with zero attached hydrogens (tertiary/aromatic N) is 4. The number of carboxylic acid groups (broad SMARTS) is 1. The van der Waals surface area contributed by atoms with E-state index in [0.717, 1.165) is 54.4 Å². The van der Waals surface area contributed by atoms with E-state index < -0.39 is 59.4 Å². The maximum Gasteiger partial charge on any atom is 0.431 e. The number of anilines is 2. The minimum Gasteiger partial charge on any atom is -0.489 e. The molecule has 4 atom stereocenters. The quantitative estimate of drug-likeness (QED) is 0.0302. The number of rotatable bonds is 19. The number of methoxy groups -OCH3 is 2. The van der Waals surface area contributed by atoms with Crippen LogP contribution in [0.5, 0.6) is 17.2 Å². The first-order valence-corrected chi connectivity index (χ1v) is 28.9. The van der Waals surface area contributed by atoms with Crippen LogP contribution < -0.4 is 41.0 Å². The average molecular weight is 1220 g/mol. The van der Waals surface area contributed by atoms with Gasteiger partial charge in [0.25, 0.3) is 11.5 Å². The number of nitrogens with two attached hydrogens (primary N) is 1. The fraction of sp³-hybridized carbons (Fsp3) is 0.418. The van der Waals surface area contributed by atoms with E-state index in [1.54, 1.807) is 23.8 Å². The monoisotopic (exact) mass is 1220 g/mol. The van der Waals surface area contributed by atoms with Gasteiger partial charge in [0, 0.05) is 38.6 Å². The molecule has 0 saturated heterocycles. The summed E-state index contributed by atoms with van der Waals surface area (Å²) in [6, 6.07) is 24.0. The SMILES string of the molecule is CC1COc2ccccc2N1C(=O)C(Cl)Cl.CCc1ccc(COc2ccc(-n3c(=O)cc(C(F)(F)F)n(C)c3=O)cc2)c(OC(C)C(=O)OC)c1.CCc1cccc(CC)c1N(COC)C(=O)CCl.CP(=O)(O)CCC(N)C(=O)O. The van der Waals surface area contributed by atoms with E-state index in [1.165, 1.54) is 38.0 Å². The number of aryl methyl sites for hydroxylation is 3. The van der Waals surface area contributed by atoms with Crippen LogP contribution in [0.3, 0.4) is 0 Å². The van der Waals surface area contributed by atoms with Crippen LogP contribution >= 0.6 is 42.2 Å². The van der Waals surface area contributed by atoms with Crippen molar-refractivity contribution < 1.29 is 70.6 Å². The van der Waals surface area contributed by atoms with E-state index in [0.29, 0.717) is 44.6 Å². The molecular formula is C55H68Cl3F3N5O14P. The first-order valence-electron chi connectivity index (χ1n) is 25.2. The number of para-hydroxylation sites is 3. The number of ether oxygens (including phenoxy) is 5. The summed E-state index contributed by atoms with van der Waals surface area (Å²) in [5.74, 6) is -0.623. The summed E-state index contributed by atoms with van der Waals surface area (Å²) < 4.78 is 77.8. The van der Waals surface area contributed by atoms with E-state index in [9.17, 15) is 46.5 Å². The number of esters is 1. The van der Waals surface area contributed by atoms with Crippen molar-refractivity contribution in [1.29, 1.82) is 0 Å². The van der Waals surface area contributed by atoms with E-state index in [2.05, 4.69) is 13.8 Å². The molecule has 81 heavy (non-hydrogen) atoms. The molecule has 5 aromatic rings. The van der Waals surface area contributed by atoms with Gasteiger partial charge in [0.05, 0.1) is 30.2 Å². The maximum absolute atomic E-state index is 13.1. The molecule has 19 nitrogen and oxygen atoms in total. The predicted molar refractivity (Wildman–Crippen MR) is 305 cm³/mol. The van der Waals surface area contributed by atoms with Crippen molar-refractivity contribution in [2.45, 2.75) is 96.1 Å². The molecule has 444 valence electrons. The van der Waals surface area contributed by atoms with Crippen LogP contribution in [0.4, 0.5) is 24.5 Å². The molecule has 0 radical (unpaired) electrons. The van der Waals surface area contributed by atoms with Crippen LogP contribution in [0.25, 0.3) is 5.69 Å². The zero-order valence-electron chi connectivity index (χ0n) is 46.2. The van der Waals surface area contributed by atoms with Crippen molar-refractivity contribution in [1.82, 2.24) is 9.13 Å². The van der Waals surface area contributed by atoms with Gasteiger partial charge in [-0.15, -0.1) is 11.6 Å². The second-order valence-electron chi connectivity index (χ2n) is 18.1. The molecule has 2 heterocycles. The van der Waals surface area contributed by atoms with Gasteiger partial charge in [0.2, 0.25) is 5.91 Å². The minimum absolute atomic E-state index is 0.0371. The van der Waals surface area contributed by atoms with Gasteiger partial charge in [0.15, 0.2) is 18.3 Å². The second kappa shape index (κ2) is 32.3. The van der Waals surface area contributed by atoms with E-state index in [1.807, 2.05) is 74.5 Å². The van der Waals surface area contributed by atoms with Gasteiger partial charge < -0.3 is 44.3 Å². The van der Waals surface area contributed by atoms with Crippen molar-refractivity contribution in [3.63, 3.8) is 0 Å². The first kappa shape index (κ1) is 68.9. The summed E-state index contributed by atoms with van der Waals surface area (Å²) in [5.41, 5.74) is 7.25. The predicted octanol–water partition coefficient (Wildman–Crippen LogP) is 8.92. The molecule has 0 fully saturated rings. The van der Waals surface area contributed by atoms with E-state index >= 15 is 0 Å². The molecule has 0 aliphatic carbocycles. The lowest BCUT2D eigenvalue weighted by Crippen LogP contribution is -2.47. The molecule has 0 saturated carbocycles. The second-order valence-corrected chi connectivity index (χ2v) is 22.0. The molecule has 1 aromatic heterocycles. The topological polar surface area (TPSA) is 248 Å². The number of carboxylic acids is 1. The molecule has 6 rings (SSSR count). The normalized spacial score (nSPS) is 14.1. The number of carbonyl (C=O) groups excluding carboxylic acids is 3. The van der Waals surface area contributed by atoms with Crippen molar-refractivity contribution in [3.05, 3.63) is 140 Å². The largest absolute Gasteiger partial charge is 0.489 e. The zero-order chi connectivity index (χ0) is 60.9. The van der Waals surface area contributed by atoms with Gasteiger partial charge in [-0.1, -0.05) is 86.4 Å². The summed E-state index contributed by atoms with van der Waals surface area (Å²) in [6.45, 7) is 11.5. The molecule has 4 N–H and O–H groups in total. The summed E-state index contributed by atoms with van der Waals surface area (Å²) in [4.78, 5) is 81.4. The van der Waals surface area contributed by atoms with Crippen molar-refractivity contribution in [3.8, 4) is 22.9 Å². The molecule has 1 aliphatic rings. The number of halogens is 6. The zero-order valence-corrected chi connectivity index (χ0v) is 49.4. The lowest BCUT2D eigenvalue weighted by molar-refractivity contribution is -0.148. The van der Waals surface area contributed by atoms with E-state index in [4.69, 9.17) is 74.2 Å². The molecular weight excluding hydrogens is 1150 g/mol. The van der Waals surface area contributed by atoms with Gasteiger partial charge in [-0.3, -0.25) is 33.2 Å². The van der Waals surface area contributed by atoms with Crippen LogP contribution in [0, 0.1) is 0 Å².